The molecule has 1 amide bonds. The second-order valence-electron chi connectivity index (χ2n) is 3.71. The van der Waals surface area contributed by atoms with Gasteiger partial charge in [-0.2, -0.15) is 0 Å². The van der Waals surface area contributed by atoms with Crippen molar-refractivity contribution in [2.45, 2.75) is 25.8 Å². The second-order valence-corrected chi connectivity index (χ2v) is 4.03. The minimum atomic E-state index is -0.394. The van der Waals surface area contributed by atoms with Crippen molar-refractivity contribution in [1.29, 1.82) is 0 Å². The van der Waals surface area contributed by atoms with Crippen LogP contribution in [0.5, 0.6) is 0 Å². The van der Waals surface area contributed by atoms with Gasteiger partial charge in [-0.1, -0.05) is 25.1 Å². The molecule has 1 aromatic rings. The molecule has 0 aromatic heterocycles. The number of anilines is 1. The molecule has 1 aliphatic rings. The van der Waals surface area contributed by atoms with Crippen LogP contribution in [0.3, 0.4) is 0 Å². The standard InChI is InChI=1S/C11H12ClNO/c1-7-8(2)13(11(12)14)10-6-4-3-5-9(7)10/h3-8H,1-2H3. The summed E-state index contributed by atoms with van der Waals surface area (Å²) in [5, 5.41) is -0.394. The highest BCUT2D eigenvalue weighted by Gasteiger charge is 2.35. The topological polar surface area (TPSA) is 20.3 Å². The monoisotopic (exact) mass is 209 g/mol. The summed E-state index contributed by atoms with van der Waals surface area (Å²) in [5.41, 5.74) is 2.15. The molecule has 2 unspecified atom stereocenters. The first-order valence-electron chi connectivity index (χ1n) is 4.70. The third-order valence-corrected chi connectivity index (χ3v) is 3.19. The van der Waals surface area contributed by atoms with E-state index in [2.05, 4.69) is 13.0 Å². The molecule has 1 aliphatic heterocycles. The SMILES string of the molecule is CC1c2ccccc2N(C(=O)Cl)C1C. The Morgan fingerprint density at radius 2 is 2.00 bits per heavy atom. The zero-order valence-corrected chi connectivity index (χ0v) is 8.95. The number of amides is 1. The molecule has 0 spiro atoms. The van der Waals surface area contributed by atoms with E-state index in [0.29, 0.717) is 5.92 Å². The Hall–Kier alpha value is -1.02. The van der Waals surface area contributed by atoms with Gasteiger partial charge in [-0.25, -0.2) is 0 Å². The van der Waals surface area contributed by atoms with Crippen molar-refractivity contribution in [1.82, 2.24) is 0 Å². The molecule has 0 bridgehead atoms. The van der Waals surface area contributed by atoms with E-state index in [1.807, 2.05) is 25.1 Å². The van der Waals surface area contributed by atoms with E-state index in [-0.39, 0.29) is 6.04 Å². The summed E-state index contributed by atoms with van der Waals surface area (Å²) in [4.78, 5) is 12.9. The lowest BCUT2D eigenvalue weighted by molar-refractivity contribution is 0.262. The van der Waals surface area contributed by atoms with Crippen LogP contribution in [0.4, 0.5) is 10.5 Å². The normalized spacial score (nSPS) is 24.9. The van der Waals surface area contributed by atoms with Gasteiger partial charge in [0, 0.05) is 17.6 Å². The molecule has 2 rings (SSSR count). The van der Waals surface area contributed by atoms with E-state index in [0.717, 1.165) is 5.69 Å². The van der Waals surface area contributed by atoms with Crippen LogP contribution in [0.1, 0.15) is 25.3 Å². The summed E-state index contributed by atoms with van der Waals surface area (Å²) in [6.07, 6.45) is 0. The van der Waals surface area contributed by atoms with E-state index in [4.69, 9.17) is 11.6 Å². The fourth-order valence-electron chi connectivity index (χ4n) is 2.05. The third-order valence-electron chi connectivity index (χ3n) is 3.01. The van der Waals surface area contributed by atoms with Gasteiger partial charge in [-0.15, -0.1) is 0 Å². The molecule has 74 valence electrons. The van der Waals surface area contributed by atoms with E-state index < -0.39 is 5.37 Å². The number of carbonyl (C=O) groups is 1. The van der Waals surface area contributed by atoms with Gasteiger partial charge in [-0.3, -0.25) is 9.69 Å². The number of para-hydroxylation sites is 1. The van der Waals surface area contributed by atoms with Crippen LogP contribution in [0.2, 0.25) is 0 Å². The molecular formula is C11H12ClNO. The number of carbonyl (C=O) groups excluding carboxylic acids is 1. The summed E-state index contributed by atoms with van der Waals surface area (Å²) in [6, 6.07) is 8.06. The first kappa shape index (κ1) is 9.53. The Balaban J connectivity index is 2.53. The summed E-state index contributed by atoms with van der Waals surface area (Å²) >= 11 is 5.56. The van der Waals surface area contributed by atoms with E-state index in [9.17, 15) is 4.79 Å². The van der Waals surface area contributed by atoms with Crippen molar-refractivity contribution < 1.29 is 4.79 Å². The zero-order valence-electron chi connectivity index (χ0n) is 8.20. The number of fused-ring (bicyclic) bond motifs is 1. The smallest absolute Gasteiger partial charge is 0.295 e. The summed E-state index contributed by atoms with van der Waals surface area (Å²) in [5.74, 6) is 0.355. The largest absolute Gasteiger partial charge is 0.321 e. The molecule has 0 saturated heterocycles. The van der Waals surface area contributed by atoms with Crippen LogP contribution in [0, 0.1) is 0 Å². The minimum Gasteiger partial charge on any atom is -0.295 e. The van der Waals surface area contributed by atoms with Gasteiger partial charge in [0.05, 0.1) is 0 Å². The minimum absolute atomic E-state index is 0.150. The van der Waals surface area contributed by atoms with Gasteiger partial charge < -0.3 is 0 Å². The van der Waals surface area contributed by atoms with Crippen molar-refractivity contribution in [3.8, 4) is 0 Å². The molecular weight excluding hydrogens is 198 g/mol. The molecule has 0 fully saturated rings. The first-order valence-corrected chi connectivity index (χ1v) is 5.08. The second kappa shape index (κ2) is 3.28. The van der Waals surface area contributed by atoms with Crippen LogP contribution >= 0.6 is 11.6 Å². The summed E-state index contributed by atoms with van der Waals surface area (Å²) < 4.78 is 0. The highest BCUT2D eigenvalue weighted by molar-refractivity contribution is 6.66. The lowest BCUT2D eigenvalue weighted by atomic mass is 9.99. The molecule has 0 radical (unpaired) electrons. The lowest BCUT2D eigenvalue weighted by Gasteiger charge is -2.20. The van der Waals surface area contributed by atoms with Gasteiger partial charge in [0.2, 0.25) is 0 Å². The molecule has 14 heavy (non-hydrogen) atoms. The molecule has 0 saturated carbocycles. The summed E-state index contributed by atoms with van der Waals surface area (Å²) in [6.45, 7) is 4.13. The quantitative estimate of drug-likeness (QED) is 0.474. The fourth-order valence-corrected chi connectivity index (χ4v) is 2.29. The Labute approximate surface area is 88.5 Å². The predicted octanol–water partition coefficient (Wildman–Crippen LogP) is 3.36. The van der Waals surface area contributed by atoms with Crippen LogP contribution in [-0.4, -0.2) is 11.4 Å². The molecule has 1 aromatic carbocycles. The number of hydrogen-bond donors (Lipinski definition) is 0. The fraction of sp³-hybridized carbons (Fsp3) is 0.364. The summed E-state index contributed by atoms with van der Waals surface area (Å²) in [7, 11) is 0. The van der Waals surface area contributed by atoms with Crippen molar-refractivity contribution in [2.24, 2.45) is 0 Å². The molecule has 1 heterocycles. The molecule has 2 atom stereocenters. The third kappa shape index (κ3) is 1.22. The number of benzene rings is 1. The number of nitrogens with zero attached hydrogens (tertiary/aromatic N) is 1. The average Bonchev–Trinajstić information content (AvgIpc) is 2.41. The van der Waals surface area contributed by atoms with Crippen LogP contribution in [0.25, 0.3) is 0 Å². The van der Waals surface area contributed by atoms with Gasteiger partial charge in [0.1, 0.15) is 0 Å². The molecule has 0 aliphatic carbocycles. The van der Waals surface area contributed by atoms with E-state index >= 15 is 0 Å². The Morgan fingerprint density at radius 1 is 1.36 bits per heavy atom. The van der Waals surface area contributed by atoms with Crippen molar-refractivity contribution in [3.05, 3.63) is 29.8 Å². The molecule has 2 nitrogen and oxygen atoms in total. The Kier molecular flexibility index (Phi) is 2.23. The van der Waals surface area contributed by atoms with Gasteiger partial charge >= 0.3 is 5.37 Å². The highest BCUT2D eigenvalue weighted by atomic mass is 35.5. The van der Waals surface area contributed by atoms with Gasteiger partial charge in [-0.05, 0) is 30.2 Å². The predicted molar refractivity (Wildman–Crippen MR) is 58.0 cm³/mol. The number of halogens is 1. The number of hydrogen-bond acceptors (Lipinski definition) is 1. The van der Waals surface area contributed by atoms with Crippen molar-refractivity contribution >= 4 is 22.7 Å². The first-order chi connectivity index (χ1) is 6.63. The number of rotatable bonds is 0. The lowest BCUT2D eigenvalue weighted by Crippen LogP contribution is -2.32. The average molecular weight is 210 g/mol. The maximum atomic E-state index is 11.3. The highest BCUT2D eigenvalue weighted by Crippen LogP contribution is 2.40. The van der Waals surface area contributed by atoms with E-state index in [1.165, 1.54) is 5.56 Å². The van der Waals surface area contributed by atoms with Crippen LogP contribution in [-0.2, 0) is 0 Å². The van der Waals surface area contributed by atoms with Crippen LogP contribution in [0.15, 0.2) is 24.3 Å². The maximum Gasteiger partial charge on any atom is 0.321 e. The van der Waals surface area contributed by atoms with Crippen LogP contribution < -0.4 is 4.90 Å². The van der Waals surface area contributed by atoms with E-state index in [1.54, 1.807) is 4.90 Å². The Bertz CT molecular complexity index is 377. The Morgan fingerprint density at radius 3 is 2.64 bits per heavy atom. The zero-order chi connectivity index (χ0) is 10.3. The molecule has 3 heteroatoms. The van der Waals surface area contributed by atoms with Crippen molar-refractivity contribution in [2.75, 3.05) is 4.90 Å². The maximum absolute atomic E-state index is 11.3. The van der Waals surface area contributed by atoms with Gasteiger partial charge in [0.25, 0.3) is 0 Å². The molecule has 0 N–H and O–H groups in total. The van der Waals surface area contributed by atoms with Gasteiger partial charge in [0.15, 0.2) is 0 Å². The van der Waals surface area contributed by atoms with Crippen molar-refractivity contribution in [3.63, 3.8) is 0 Å².